The number of nitrogens with two attached hydrogens (primary N) is 1. The van der Waals surface area contributed by atoms with Crippen LogP contribution in [-0.4, -0.2) is 16.5 Å². The van der Waals surface area contributed by atoms with Gasteiger partial charge in [0.05, 0.1) is 9.40 Å². The first-order chi connectivity index (χ1) is 10.0. The largest absolute Gasteiger partial charge is 0.367 e. The minimum Gasteiger partial charge on any atom is -0.367 e. The zero-order valence-corrected chi connectivity index (χ0v) is 13.0. The summed E-state index contributed by atoms with van der Waals surface area (Å²) in [5, 5.41) is 14.0. The molecule has 0 aliphatic carbocycles. The molecule has 0 aliphatic heterocycles. The van der Waals surface area contributed by atoms with E-state index in [9.17, 15) is 10.1 Å². The Morgan fingerprint density at radius 1 is 1.43 bits per heavy atom. The molecule has 3 N–H and O–H groups in total. The van der Waals surface area contributed by atoms with E-state index in [1.54, 1.807) is 6.92 Å². The Kier molecular flexibility index (Phi) is 4.87. The molecule has 2 rings (SSSR count). The lowest BCUT2D eigenvalue weighted by Crippen LogP contribution is -2.21. The van der Waals surface area contributed by atoms with Gasteiger partial charge in [-0.25, -0.2) is 4.98 Å². The molecule has 1 heterocycles. The summed E-state index contributed by atoms with van der Waals surface area (Å²) in [5.41, 5.74) is 7.63. The molecule has 1 atom stereocenters. The summed E-state index contributed by atoms with van der Waals surface area (Å²) >= 11 is 3.34. The van der Waals surface area contributed by atoms with Crippen molar-refractivity contribution >= 4 is 27.4 Å². The van der Waals surface area contributed by atoms with Gasteiger partial charge in [-0.05, 0) is 28.4 Å². The lowest BCUT2D eigenvalue weighted by atomic mass is 10.1. The third-order valence-corrected chi connectivity index (χ3v) is 4.12. The number of hydrogen-bond acceptors (Lipinski definition) is 5. The van der Waals surface area contributed by atoms with Crippen LogP contribution in [0.25, 0.3) is 0 Å². The van der Waals surface area contributed by atoms with E-state index in [2.05, 4.69) is 26.2 Å². The lowest BCUT2D eigenvalue weighted by Gasteiger charge is -2.15. The van der Waals surface area contributed by atoms with Crippen molar-refractivity contribution in [2.24, 2.45) is 5.73 Å². The van der Waals surface area contributed by atoms with Crippen LogP contribution in [0, 0.1) is 17.0 Å². The molecule has 0 radical (unpaired) electrons. The number of rotatable bonds is 5. The standard InChI is InChI=1S/C14H15BrN4O2/c1-9-12(19(20)21)8-18-14(13(9)15)17-7-11(16)10-5-3-2-4-6-10/h2-6,8,11H,7,16H2,1H3,(H,17,18). The van der Waals surface area contributed by atoms with Crippen LogP contribution < -0.4 is 11.1 Å². The van der Waals surface area contributed by atoms with Gasteiger partial charge in [-0.3, -0.25) is 10.1 Å². The summed E-state index contributed by atoms with van der Waals surface area (Å²) in [4.78, 5) is 14.5. The molecule has 0 bridgehead atoms. The first-order valence-electron chi connectivity index (χ1n) is 6.34. The maximum atomic E-state index is 10.8. The summed E-state index contributed by atoms with van der Waals surface area (Å²) in [6.07, 6.45) is 1.25. The molecule has 0 saturated heterocycles. The predicted octanol–water partition coefficient (Wildman–Crippen LogP) is 3.17. The molecule has 1 aromatic heterocycles. The van der Waals surface area contributed by atoms with Crippen molar-refractivity contribution in [2.75, 3.05) is 11.9 Å². The summed E-state index contributed by atoms with van der Waals surface area (Å²) in [5.74, 6) is 0.546. The summed E-state index contributed by atoms with van der Waals surface area (Å²) in [6, 6.07) is 9.52. The minimum absolute atomic E-state index is 0.0141. The van der Waals surface area contributed by atoms with Crippen LogP contribution in [0.15, 0.2) is 41.0 Å². The SMILES string of the molecule is Cc1c([N+](=O)[O-])cnc(NCC(N)c2ccccc2)c1Br. The molecular weight excluding hydrogens is 336 g/mol. The Bertz CT molecular complexity index is 649. The lowest BCUT2D eigenvalue weighted by molar-refractivity contribution is -0.385. The van der Waals surface area contributed by atoms with E-state index >= 15 is 0 Å². The summed E-state index contributed by atoms with van der Waals surface area (Å²) in [7, 11) is 0. The van der Waals surface area contributed by atoms with Gasteiger partial charge in [0.2, 0.25) is 0 Å². The molecule has 0 amide bonds. The van der Waals surface area contributed by atoms with Crippen molar-refractivity contribution in [3.05, 3.63) is 62.2 Å². The third kappa shape index (κ3) is 3.56. The van der Waals surface area contributed by atoms with Crippen molar-refractivity contribution in [1.29, 1.82) is 0 Å². The molecule has 0 spiro atoms. The highest BCUT2D eigenvalue weighted by Crippen LogP contribution is 2.30. The number of anilines is 1. The molecular formula is C14H15BrN4O2. The van der Waals surface area contributed by atoms with Crippen LogP contribution in [0.5, 0.6) is 0 Å². The van der Waals surface area contributed by atoms with Crippen molar-refractivity contribution in [3.8, 4) is 0 Å². The van der Waals surface area contributed by atoms with Crippen LogP contribution in [-0.2, 0) is 0 Å². The van der Waals surface area contributed by atoms with E-state index in [0.717, 1.165) is 5.56 Å². The monoisotopic (exact) mass is 350 g/mol. The van der Waals surface area contributed by atoms with Gasteiger partial charge in [0.1, 0.15) is 12.0 Å². The number of hydrogen-bond donors (Lipinski definition) is 2. The van der Waals surface area contributed by atoms with Gasteiger partial charge in [0, 0.05) is 18.2 Å². The van der Waals surface area contributed by atoms with Crippen molar-refractivity contribution in [1.82, 2.24) is 4.98 Å². The number of aromatic nitrogens is 1. The topological polar surface area (TPSA) is 94.1 Å². The van der Waals surface area contributed by atoms with E-state index in [1.807, 2.05) is 30.3 Å². The molecule has 2 aromatic rings. The molecule has 0 fully saturated rings. The van der Waals surface area contributed by atoms with Gasteiger partial charge in [-0.1, -0.05) is 30.3 Å². The molecule has 0 aliphatic rings. The highest BCUT2D eigenvalue weighted by molar-refractivity contribution is 9.10. The number of pyridine rings is 1. The van der Waals surface area contributed by atoms with Crippen molar-refractivity contribution in [3.63, 3.8) is 0 Å². The zero-order valence-electron chi connectivity index (χ0n) is 11.4. The first kappa shape index (κ1) is 15.4. The molecule has 1 aromatic carbocycles. The van der Waals surface area contributed by atoms with Crippen LogP contribution in [0.1, 0.15) is 17.2 Å². The average molecular weight is 351 g/mol. The summed E-state index contributed by atoms with van der Waals surface area (Å²) in [6.45, 7) is 2.15. The zero-order chi connectivity index (χ0) is 15.4. The maximum absolute atomic E-state index is 10.8. The van der Waals surface area contributed by atoms with Crippen LogP contribution >= 0.6 is 15.9 Å². The Morgan fingerprint density at radius 3 is 2.71 bits per heavy atom. The average Bonchev–Trinajstić information content (AvgIpc) is 2.49. The fraction of sp³-hybridized carbons (Fsp3) is 0.214. The second-order valence-electron chi connectivity index (χ2n) is 4.59. The minimum atomic E-state index is -0.452. The molecule has 6 nitrogen and oxygen atoms in total. The normalized spacial score (nSPS) is 12.0. The van der Waals surface area contributed by atoms with Gasteiger partial charge in [-0.15, -0.1) is 0 Å². The number of nitrogens with one attached hydrogen (secondary N) is 1. The number of benzene rings is 1. The van der Waals surface area contributed by atoms with E-state index in [4.69, 9.17) is 5.73 Å². The quantitative estimate of drug-likeness (QED) is 0.637. The predicted molar refractivity (Wildman–Crippen MR) is 85.2 cm³/mol. The molecule has 0 saturated carbocycles. The van der Waals surface area contributed by atoms with Gasteiger partial charge in [0.25, 0.3) is 5.69 Å². The van der Waals surface area contributed by atoms with Crippen LogP contribution in [0.3, 0.4) is 0 Å². The van der Waals surface area contributed by atoms with Gasteiger partial charge >= 0.3 is 0 Å². The van der Waals surface area contributed by atoms with E-state index in [-0.39, 0.29) is 11.7 Å². The van der Waals surface area contributed by atoms with Gasteiger partial charge in [-0.2, -0.15) is 0 Å². The third-order valence-electron chi connectivity index (χ3n) is 3.15. The number of nitro groups is 1. The molecule has 7 heteroatoms. The Labute approximate surface area is 130 Å². The van der Waals surface area contributed by atoms with Gasteiger partial charge < -0.3 is 11.1 Å². The number of halogens is 1. The van der Waals surface area contributed by atoms with Gasteiger partial charge in [0.15, 0.2) is 0 Å². The van der Waals surface area contributed by atoms with Crippen molar-refractivity contribution in [2.45, 2.75) is 13.0 Å². The number of nitrogens with zero attached hydrogens (tertiary/aromatic N) is 2. The fourth-order valence-electron chi connectivity index (χ4n) is 1.90. The fourth-order valence-corrected chi connectivity index (χ4v) is 2.35. The molecule has 1 unspecified atom stereocenters. The van der Waals surface area contributed by atoms with Crippen molar-refractivity contribution < 1.29 is 4.92 Å². The highest BCUT2D eigenvalue weighted by Gasteiger charge is 2.17. The first-order valence-corrected chi connectivity index (χ1v) is 7.14. The molecule has 21 heavy (non-hydrogen) atoms. The van der Waals surface area contributed by atoms with Crippen LogP contribution in [0.2, 0.25) is 0 Å². The highest BCUT2D eigenvalue weighted by atomic mass is 79.9. The smallest absolute Gasteiger partial charge is 0.291 e. The molecule has 110 valence electrons. The Balaban J connectivity index is 2.11. The summed E-state index contributed by atoms with van der Waals surface area (Å²) < 4.78 is 0.581. The second kappa shape index (κ2) is 6.64. The second-order valence-corrected chi connectivity index (χ2v) is 5.38. The Morgan fingerprint density at radius 2 is 2.10 bits per heavy atom. The Hall–Kier alpha value is -1.99. The van der Waals surface area contributed by atoms with E-state index in [1.165, 1.54) is 6.20 Å². The van der Waals surface area contributed by atoms with E-state index < -0.39 is 4.92 Å². The van der Waals surface area contributed by atoms with Crippen LogP contribution in [0.4, 0.5) is 11.5 Å². The maximum Gasteiger partial charge on any atom is 0.291 e. The van der Waals surface area contributed by atoms with E-state index in [0.29, 0.717) is 22.4 Å².